The maximum Gasteiger partial charge on any atom is 0.132 e. The van der Waals surface area contributed by atoms with Gasteiger partial charge in [0.05, 0.1) is 22.4 Å². The fourth-order valence-corrected chi connectivity index (χ4v) is 5.41. The minimum absolute atomic E-state index is 0.0191. The van der Waals surface area contributed by atoms with Crippen LogP contribution in [-0.2, 0) is 0 Å². The van der Waals surface area contributed by atoms with Gasteiger partial charge in [-0.1, -0.05) is 84.9 Å². The van der Waals surface area contributed by atoms with Crippen molar-refractivity contribution < 1.29 is 20.4 Å². The third-order valence-corrected chi connectivity index (χ3v) is 7.53. The largest absolute Gasteiger partial charge is 0.507 e. The lowest BCUT2D eigenvalue weighted by atomic mass is 9.98. The zero-order valence-corrected chi connectivity index (χ0v) is 22.2. The molecular weight excluding hydrogens is 524 g/mol. The monoisotopic (exact) mass is 548 g/mol. The van der Waals surface area contributed by atoms with Crippen LogP contribution in [0.1, 0.15) is 0 Å². The first-order valence-electron chi connectivity index (χ1n) is 13.4. The molecule has 0 atom stereocenters. The van der Waals surface area contributed by atoms with Crippen molar-refractivity contribution in [2.45, 2.75) is 0 Å². The summed E-state index contributed by atoms with van der Waals surface area (Å²) in [4.78, 5) is 9.89. The van der Waals surface area contributed by atoms with Crippen LogP contribution >= 0.6 is 0 Å². The number of aromatic hydroxyl groups is 4. The molecular formula is C36H24N2O4. The number of phenolic OH excluding ortho intramolecular Hbond substituents is 4. The first-order valence-corrected chi connectivity index (χ1v) is 13.4. The molecule has 0 unspecified atom stereocenters. The summed E-state index contributed by atoms with van der Waals surface area (Å²) in [5.74, 6) is 0.194. The number of nitrogens with zero attached hydrogens (tertiary/aromatic N) is 2. The van der Waals surface area contributed by atoms with Crippen molar-refractivity contribution >= 4 is 21.8 Å². The third-order valence-electron chi connectivity index (χ3n) is 7.53. The molecule has 0 saturated carbocycles. The van der Waals surface area contributed by atoms with Gasteiger partial charge in [0.25, 0.3) is 0 Å². The van der Waals surface area contributed by atoms with E-state index in [-0.39, 0.29) is 23.0 Å². The van der Waals surface area contributed by atoms with E-state index in [4.69, 9.17) is 9.97 Å². The first kappa shape index (κ1) is 25.1. The second-order valence-corrected chi connectivity index (χ2v) is 10.0. The van der Waals surface area contributed by atoms with Crippen molar-refractivity contribution in [3.8, 4) is 67.8 Å². The van der Waals surface area contributed by atoms with Gasteiger partial charge in [0.1, 0.15) is 23.0 Å². The van der Waals surface area contributed by atoms with E-state index in [0.717, 1.165) is 10.8 Å². The van der Waals surface area contributed by atoms with Gasteiger partial charge in [-0.05, 0) is 36.4 Å². The minimum atomic E-state index is 0.0191. The Morgan fingerprint density at radius 1 is 0.333 bits per heavy atom. The Hall–Kier alpha value is -5.88. The van der Waals surface area contributed by atoms with Crippen LogP contribution in [0.2, 0.25) is 0 Å². The van der Waals surface area contributed by atoms with E-state index in [1.807, 2.05) is 48.5 Å². The van der Waals surface area contributed by atoms with Crippen molar-refractivity contribution in [3.05, 3.63) is 121 Å². The Bertz CT molecular complexity index is 2000. The number of benzene rings is 5. The first-order chi connectivity index (χ1) is 20.5. The summed E-state index contributed by atoms with van der Waals surface area (Å²) in [5, 5.41) is 45.0. The van der Waals surface area contributed by atoms with Crippen molar-refractivity contribution in [3.63, 3.8) is 0 Å². The highest BCUT2D eigenvalue weighted by Gasteiger charge is 2.17. The molecule has 0 aliphatic rings. The summed E-state index contributed by atoms with van der Waals surface area (Å²) in [6, 6.07) is 36.0. The molecule has 6 heteroatoms. The SMILES string of the molecule is Oc1ccccc1-c1cccc(-c2ccc3ccc4ccc(-c5cccc(-c6ccccc6O)c5O)nc4c3n2)c1O. The molecule has 6 nitrogen and oxygen atoms in total. The van der Waals surface area contributed by atoms with E-state index in [1.165, 1.54) is 0 Å². The highest BCUT2D eigenvalue weighted by Crippen LogP contribution is 2.43. The molecule has 0 saturated heterocycles. The van der Waals surface area contributed by atoms with Crippen molar-refractivity contribution in [2.24, 2.45) is 0 Å². The van der Waals surface area contributed by atoms with Crippen molar-refractivity contribution in [1.82, 2.24) is 9.97 Å². The second kappa shape index (κ2) is 9.94. The molecule has 202 valence electrons. The molecule has 7 aromatic rings. The summed E-state index contributed by atoms with van der Waals surface area (Å²) in [5.41, 5.74) is 5.53. The quantitative estimate of drug-likeness (QED) is 0.165. The van der Waals surface area contributed by atoms with Gasteiger partial charge in [-0.3, -0.25) is 0 Å². The van der Waals surface area contributed by atoms with E-state index in [9.17, 15) is 20.4 Å². The number of hydrogen-bond donors (Lipinski definition) is 4. The van der Waals surface area contributed by atoms with E-state index < -0.39 is 0 Å². The van der Waals surface area contributed by atoms with Crippen LogP contribution in [-0.4, -0.2) is 30.4 Å². The lowest BCUT2D eigenvalue weighted by Gasteiger charge is -2.13. The van der Waals surface area contributed by atoms with E-state index in [1.54, 1.807) is 72.8 Å². The number of fused-ring (bicyclic) bond motifs is 3. The average Bonchev–Trinajstić information content (AvgIpc) is 3.02. The predicted molar refractivity (Wildman–Crippen MR) is 165 cm³/mol. The van der Waals surface area contributed by atoms with Gasteiger partial charge in [-0.15, -0.1) is 0 Å². The number of hydrogen-bond acceptors (Lipinski definition) is 6. The maximum atomic E-state index is 11.3. The van der Waals surface area contributed by atoms with Crippen LogP contribution in [0, 0.1) is 0 Å². The van der Waals surface area contributed by atoms with Crippen LogP contribution in [0.25, 0.3) is 66.6 Å². The van der Waals surface area contributed by atoms with Crippen LogP contribution < -0.4 is 0 Å². The maximum absolute atomic E-state index is 11.3. The standard InChI is InChI=1S/C36H24N2O4/c39-31-13-3-1-7-23(31)25-9-5-11-27(35(25)41)29-19-17-21-15-16-22-18-20-30(38-34(22)33(21)37-29)28-12-6-10-26(36(28)42)24-8-2-4-14-32(24)40/h1-20,39-42H. The topological polar surface area (TPSA) is 107 Å². The van der Waals surface area contributed by atoms with Gasteiger partial charge in [0.2, 0.25) is 0 Å². The van der Waals surface area contributed by atoms with Gasteiger partial charge >= 0.3 is 0 Å². The zero-order chi connectivity index (χ0) is 28.8. The highest BCUT2D eigenvalue weighted by molar-refractivity contribution is 6.04. The average molecular weight is 549 g/mol. The van der Waals surface area contributed by atoms with Crippen molar-refractivity contribution in [1.29, 1.82) is 0 Å². The number of rotatable bonds is 4. The van der Waals surface area contributed by atoms with Crippen molar-refractivity contribution in [2.75, 3.05) is 0 Å². The van der Waals surface area contributed by atoms with Crippen LogP contribution in [0.3, 0.4) is 0 Å². The van der Waals surface area contributed by atoms with Gasteiger partial charge in [0, 0.05) is 44.2 Å². The smallest absolute Gasteiger partial charge is 0.132 e. The molecule has 0 aliphatic heterocycles. The van der Waals surface area contributed by atoms with Crippen LogP contribution in [0.4, 0.5) is 0 Å². The molecule has 0 spiro atoms. The summed E-state index contributed by atoms with van der Waals surface area (Å²) >= 11 is 0. The number of pyridine rings is 2. The summed E-state index contributed by atoms with van der Waals surface area (Å²) in [6.07, 6.45) is 0. The minimum Gasteiger partial charge on any atom is -0.507 e. The fraction of sp³-hybridized carbons (Fsp3) is 0. The Kier molecular flexibility index (Phi) is 5.95. The molecule has 4 N–H and O–H groups in total. The molecule has 5 aromatic carbocycles. The lowest BCUT2D eigenvalue weighted by Crippen LogP contribution is -1.92. The van der Waals surface area contributed by atoms with Crippen LogP contribution in [0.5, 0.6) is 23.0 Å². The van der Waals surface area contributed by atoms with Gasteiger partial charge in [-0.2, -0.15) is 0 Å². The second-order valence-electron chi connectivity index (χ2n) is 10.0. The molecule has 0 bridgehead atoms. The van der Waals surface area contributed by atoms with E-state index in [2.05, 4.69) is 0 Å². The summed E-state index contributed by atoms with van der Waals surface area (Å²) in [7, 11) is 0. The van der Waals surface area contributed by atoms with E-state index >= 15 is 0 Å². The number of aromatic nitrogens is 2. The predicted octanol–water partition coefficient (Wildman–Crippen LogP) is 8.27. The molecule has 42 heavy (non-hydrogen) atoms. The molecule has 0 amide bonds. The Morgan fingerprint density at radius 2 is 0.690 bits per heavy atom. The summed E-state index contributed by atoms with van der Waals surface area (Å²) < 4.78 is 0. The Morgan fingerprint density at radius 3 is 1.12 bits per heavy atom. The third kappa shape index (κ3) is 4.14. The Balaban J connectivity index is 1.38. The number of phenols is 4. The molecule has 0 aliphatic carbocycles. The van der Waals surface area contributed by atoms with Gasteiger partial charge in [-0.25, -0.2) is 9.97 Å². The fourth-order valence-electron chi connectivity index (χ4n) is 5.41. The van der Waals surface area contributed by atoms with Gasteiger partial charge in [0.15, 0.2) is 0 Å². The molecule has 0 radical (unpaired) electrons. The Labute approximate surface area is 241 Å². The number of para-hydroxylation sites is 4. The van der Waals surface area contributed by atoms with Gasteiger partial charge < -0.3 is 20.4 Å². The highest BCUT2D eigenvalue weighted by atomic mass is 16.3. The normalized spacial score (nSPS) is 11.2. The van der Waals surface area contributed by atoms with Crippen LogP contribution in [0.15, 0.2) is 121 Å². The molecule has 2 heterocycles. The zero-order valence-electron chi connectivity index (χ0n) is 22.2. The molecule has 7 rings (SSSR count). The molecule has 2 aromatic heterocycles. The van der Waals surface area contributed by atoms with E-state index in [0.29, 0.717) is 55.8 Å². The molecule has 0 fully saturated rings. The summed E-state index contributed by atoms with van der Waals surface area (Å²) in [6.45, 7) is 0. The lowest BCUT2D eigenvalue weighted by molar-refractivity contribution is 0.470.